The highest BCUT2D eigenvalue weighted by Gasteiger charge is 2.03. The van der Waals surface area contributed by atoms with Crippen LogP contribution in [0.25, 0.3) is 11.2 Å². The predicted molar refractivity (Wildman–Crippen MR) is 101 cm³/mol. The number of aromatic nitrogens is 3. The van der Waals surface area contributed by atoms with Gasteiger partial charge in [0, 0.05) is 12.7 Å². The number of ether oxygens (including phenoxy) is 2. The van der Waals surface area contributed by atoms with Crippen molar-refractivity contribution in [1.29, 1.82) is 0 Å². The van der Waals surface area contributed by atoms with Crippen LogP contribution in [0.4, 0.5) is 0 Å². The third kappa shape index (κ3) is 3.83. The molecule has 0 aliphatic rings. The van der Waals surface area contributed by atoms with Gasteiger partial charge in [0.25, 0.3) is 0 Å². The first kappa shape index (κ1) is 16.1. The molecular formula is C21H19N3O2. The summed E-state index contributed by atoms with van der Waals surface area (Å²) < 4.78 is 13.7. The van der Waals surface area contributed by atoms with Crippen molar-refractivity contribution in [3.05, 3.63) is 79.3 Å². The molecule has 0 aliphatic carbocycles. The molecule has 0 bridgehead atoms. The summed E-state index contributed by atoms with van der Waals surface area (Å²) in [6.07, 6.45) is 4.48. The maximum absolute atomic E-state index is 5.82. The Morgan fingerprint density at radius 1 is 0.769 bits per heavy atom. The Hall–Kier alpha value is -3.34. The average Bonchev–Trinajstić information content (AvgIpc) is 3.11. The third-order valence-corrected chi connectivity index (χ3v) is 4.01. The van der Waals surface area contributed by atoms with Gasteiger partial charge in [-0.1, -0.05) is 18.2 Å². The van der Waals surface area contributed by atoms with Crippen LogP contribution in [0.2, 0.25) is 0 Å². The largest absolute Gasteiger partial charge is 0.494 e. The highest BCUT2D eigenvalue weighted by atomic mass is 16.5. The molecule has 2 heterocycles. The lowest BCUT2D eigenvalue weighted by atomic mass is 10.3. The van der Waals surface area contributed by atoms with Crippen LogP contribution in [0.5, 0.6) is 17.2 Å². The highest BCUT2D eigenvalue weighted by molar-refractivity contribution is 5.70. The Labute approximate surface area is 151 Å². The molecule has 0 aliphatic heterocycles. The van der Waals surface area contributed by atoms with Crippen LogP contribution in [0.15, 0.2) is 79.3 Å². The van der Waals surface area contributed by atoms with E-state index >= 15 is 0 Å². The molecule has 0 radical (unpaired) electrons. The van der Waals surface area contributed by atoms with E-state index < -0.39 is 0 Å². The second kappa shape index (κ2) is 7.70. The van der Waals surface area contributed by atoms with Crippen LogP contribution in [0, 0.1) is 0 Å². The Bertz CT molecular complexity index is 965. The van der Waals surface area contributed by atoms with Crippen LogP contribution in [-0.2, 0) is 6.54 Å². The van der Waals surface area contributed by atoms with Crippen LogP contribution >= 0.6 is 0 Å². The fraction of sp³-hybridized carbons (Fsp3) is 0.143. The van der Waals surface area contributed by atoms with E-state index in [-0.39, 0.29) is 0 Å². The normalized spacial score (nSPS) is 10.8. The van der Waals surface area contributed by atoms with Gasteiger partial charge in [-0.3, -0.25) is 0 Å². The standard InChI is InChI=1S/C21H19N3O2/c1-2-6-18(7-3-1)26-19-11-9-17(10-12-19)25-15-5-14-24-16-23-21-20(24)8-4-13-22-21/h1-4,6-13,16H,5,14-15H2. The van der Waals surface area contributed by atoms with Crippen molar-refractivity contribution >= 4 is 11.2 Å². The Kier molecular flexibility index (Phi) is 4.78. The zero-order valence-electron chi connectivity index (χ0n) is 14.3. The number of rotatable bonds is 7. The Morgan fingerprint density at radius 3 is 2.38 bits per heavy atom. The fourth-order valence-corrected chi connectivity index (χ4v) is 2.73. The zero-order valence-corrected chi connectivity index (χ0v) is 14.3. The van der Waals surface area contributed by atoms with E-state index in [1.165, 1.54) is 0 Å². The molecule has 0 unspecified atom stereocenters. The zero-order chi connectivity index (χ0) is 17.6. The molecular weight excluding hydrogens is 326 g/mol. The third-order valence-electron chi connectivity index (χ3n) is 4.01. The molecule has 4 rings (SSSR count). The number of fused-ring (bicyclic) bond motifs is 1. The molecule has 0 saturated heterocycles. The monoisotopic (exact) mass is 345 g/mol. The Morgan fingerprint density at radius 2 is 1.54 bits per heavy atom. The molecule has 0 atom stereocenters. The summed E-state index contributed by atoms with van der Waals surface area (Å²) in [5.41, 5.74) is 1.83. The highest BCUT2D eigenvalue weighted by Crippen LogP contribution is 2.23. The molecule has 0 saturated carbocycles. The summed E-state index contributed by atoms with van der Waals surface area (Å²) in [6.45, 7) is 1.48. The molecule has 0 N–H and O–H groups in total. The number of hydrogen-bond acceptors (Lipinski definition) is 4. The number of nitrogens with zero attached hydrogens (tertiary/aromatic N) is 3. The number of imidazole rings is 1. The van der Waals surface area contributed by atoms with E-state index in [2.05, 4.69) is 14.5 Å². The van der Waals surface area contributed by atoms with Crippen molar-refractivity contribution in [2.75, 3.05) is 6.61 Å². The van der Waals surface area contributed by atoms with E-state index in [0.717, 1.165) is 41.4 Å². The van der Waals surface area contributed by atoms with Gasteiger partial charge in [-0.05, 0) is 55.0 Å². The number of benzene rings is 2. The van der Waals surface area contributed by atoms with Gasteiger partial charge in [0.1, 0.15) is 17.2 Å². The lowest BCUT2D eigenvalue weighted by molar-refractivity contribution is 0.302. The van der Waals surface area contributed by atoms with Crippen LogP contribution in [0.1, 0.15) is 6.42 Å². The van der Waals surface area contributed by atoms with Gasteiger partial charge in [0.05, 0.1) is 18.5 Å². The molecule has 130 valence electrons. The van der Waals surface area contributed by atoms with E-state index in [9.17, 15) is 0 Å². The van der Waals surface area contributed by atoms with Gasteiger partial charge in [-0.15, -0.1) is 0 Å². The number of pyridine rings is 1. The molecule has 5 heteroatoms. The van der Waals surface area contributed by atoms with Gasteiger partial charge < -0.3 is 14.0 Å². The summed E-state index contributed by atoms with van der Waals surface area (Å²) in [5, 5.41) is 0. The average molecular weight is 345 g/mol. The van der Waals surface area contributed by atoms with E-state index in [1.807, 2.05) is 73.1 Å². The fourth-order valence-electron chi connectivity index (χ4n) is 2.73. The van der Waals surface area contributed by atoms with Crippen LogP contribution in [0.3, 0.4) is 0 Å². The summed E-state index contributed by atoms with van der Waals surface area (Å²) in [5.74, 6) is 2.45. The van der Waals surface area contributed by atoms with Crippen molar-refractivity contribution in [2.24, 2.45) is 0 Å². The van der Waals surface area contributed by atoms with Gasteiger partial charge in [0.15, 0.2) is 5.65 Å². The molecule has 5 nitrogen and oxygen atoms in total. The van der Waals surface area contributed by atoms with Gasteiger partial charge in [0.2, 0.25) is 0 Å². The van der Waals surface area contributed by atoms with Crippen LogP contribution < -0.4 is 9.47 Å². The lowest BCUT2D eigenvalue weighted by Crippen LogP contribution is -2.03. The van der Waals surface area contributed by atoms with Crippen molar-refractivity contribution in [3.63, 3.8) is 0 Å². The van der Waals surface area contributed by atoms with E-state index in [0.29, 0.717) is 6.61 Å². The SMILES string of the molecule is c1ccc(Oc2ccc(OCCCn3cnc4ncccc43)cc2)cc1. The minimum Gasteiger partial charge on any atom is -0.494 e. The van der Waals surface area contributed by atoms with Crippen molar-refractivity contribution in [1.82, 2.24) is 14.5 Å². The predicted octanol–water partition coefficient (Wildman–Crippen LogP) is 4.69. The number of para-hydroxylation sites is 1. The molecule has 4 aromatic rings. The quantitative estimate of drug-likeness (QED) is 0.456. The van der Waals surface area contributed by atoms with Gasteiger partial charge >= 0.3 is 0 Å². The molecule has 2 aromatic heterocycles. The second-order valence-corrected chi connectivity index (χ2v) is 5.87. The minimum atomic E-state index is 0.638. The number of aryl methyl sites for hydroxylation is 1. The molecule has 0 spiro atoms. The van der Waals surface area contributed by atoms with Crippen molar-refractivity contribution in [2.45, 2.75) is 13.0 Å². The first-order valence-corrected chi connectivity index (χ1v) is 8.60. The van der Waals surface area contributed by atoms with Crippen LogP contribution in [-0.4, -0.2) is 21.1 Å². The smallest absolute Gasteiger partial charge is 0.177 e. The minimum absolute atomic E-state index is 0.638. The van der Waals surface area contributed by atoms with Crippen molar-refractivity contribution in [3.8, 4) is 17.2 Å². The first-order valence-electron chi connectivity index (χ1n) is 8.60. The first-order chi connectivity index (χ1) is 12.9. The lowest BCUT2D eigenvalue weighted by Gasteiger charge is -2.09. The van der Waals surface area contributed by atoms with Gasteiger partial charge in [-0.2, -0.15) is 0 Å². The van der Waals surface area contributed by atoms with E-state index in [1.54, 1.807) is 6.20 Å². The molecule has 0 amide bonds. The van der Waals surface area contributed by atoms with E-state index in [4.69, 9.17) is 9.47 Å². The maximum atomic E-state index is 5.82. The number of hydrogen-bond donors (Lipinski definition) is 0. The molecule has 26 heavy (non-hydrogen) atoms. The second-order valence-electron chi connectivity index (χ2n) is 5.87. The van der Waals surface area contributed by atoms with Crippen molar-refractivity contribution < 1.29 is 9.47 Å². The van der Waals surface area contributed by atoms with Gasteiger partial charge in [-0.25, -0.2) is 9.97 Å². The topological polar surface area (TPSA) is 49.2 Å². The molecule has 0 fully saturated rings. The Balaban J connectivity index is 1.27. The summed E-state index contributed by atoms with van der Waals surface area (Å²) in [4.78, 5) is 8.54. The summed E-state index contributed by atoms with van der Waals surface area (Å²) in [7, 11) is 0. The summed E-state index contributed by atoms with van der Waals surface area (Å²) >= 11 is 0. The summed E-state index contributed by atoms with van der Waals surface area (Å²) in [6, 6.07) is 21.4. The molecule has 2 aromatic carbocycles. The maximum Gasteiger partial charge on any atom is 0.177 e.